The highest BCUT2D eigenvalue weighted by molar-refractivity contribution is 6.35. The lowest BCUT2D eigenvalue weighted by Crippen LogP contribution is -2.38. The Bertz CT molecular complexity index is 732. The van der Waals surface area contributed by atoms with Crippen molar-refractivity contribution in [3.8, 4) is 0 Å². The predicted molar refractivity (Wildman–Crippen MR) is 98.2 cm³/mol. The summed E-state index contributed by atoms with van der Waals surface area (Å²) in [6.07, 6.45) is 5.69. The van der Waals surface area contributed by atoms with Crippen LogP contribution < -0.4 is 0 Å². The molecule has 0 radical (unpaired) electrons. The van der Waals surface area contributed by atoms with Crippen LogP contribution in [0.5, 0.6) is 0 Å². The van der Waals surface area contributed by atoms with Crippen molar-refractivity contribution in [1.29, 1.82) is 0 Å². The average Bonchev–Trinajstić information content (AvgIpc) is 2.94. The number of nitrogens with zero attached hydrogens (tertiary/aromatic N) is 2. The van der Waals surface area contributed by atoms with E-state index in [1.807, 2.05) is 36.8 Å². The van der Waals surface area contributed by atoms with E-state index in [1.54, 1.807) is 18.3 Å². The Morgan fingerprint density at radius 1 is 0.783 bits per heavy atom. The molecule has 0 saturated heterocycles. The van der Waals surface area contributed by atoms with Crippen molar-refractivity contribution in [2.75, 3.05) is 0 Å². The van der Waals surface area contributed by atoms with Gasteiger partial charge in [-0.25, -0.2) is 9.48 Å². The fourth-order valence-corrected chi connectivity index (χ4v) is 3.49. The zero-order valence-electron chi connectivity index (χ0n) is 12.0. The highest BCUT2D eigenvalue weighted by atomic mass is 35.5. The molecular weight excluding hydrogens is 374 g/mol. The summed E-state index contributed by atoms with van der Waals surface area (Å²) in [6, 6.07) is 11.1. The van der Waals surface area contributed by atoms with Gasteiger partial charge in [0.2, 0.25) is 0 Å². The van der Waals surface area contributed by atoms with Gasteiger partial charge in [-0.3, -0.25) is 0 Å². The zero-order valence-corrected chi connectivity index (χ0v) is 15.0. The van der Waals surface area contributed by atoms with Crippen LogP contribution in [0.15, 0.2) is 53.8 Å². The lowest BCUT2D eigenvalue weighted by Gasteiger charge is -2.28. The fraction of sp³-hybridized carbons (Fsp3) is 0.118. The number of hydrogen-bond donors (Lipinski definition) is 0. The second kappa shape index (κ2) is 6.84. The third-order valence-corrected chi connectivity index (χ3v) is 4.88. The van der Waals surface area contributed by atoms with E-state index in [2.05, 4.69) is 4.99 Å². The number of rotatable bonds is 4. The van der Waals surface area contributed by atoms with E-state index in [0.717, 1.165) is 11.1 Å². The highest BCUT2D eigenvalue weighted by Gasteiger charge is 2.29. The minimum Gasteiger partial charge on any atom is -0.246 e. The van der Waals surface area contributed by atoms with Gasteiger partial charge in [0.1, 0.15) is 19.3 Å². The van der Waals surface area contributed by atoms with Crippen molar-refractivity contribution in [2.24, 2.45) is 4.99 Å². The Kier molecular flexibility index (Phi) is 5.00. The quantitative estimate of drug-likeness (QED) is 0.544. The largest absolute Gasteiger partial charge is 0.246 e. The van der Waals surface area contributed by atoms with Crippen molar-refractivity contribution in [2.45, 2.75) is 13.1 Å². The Hall–Kier alpha value is -1.03. The van der Waals surface area contributed by atoms with E-state index in [9.17, 15) is 0 Å². The summed E-state index contributed by atoms with van der Waals surface area (Å²) in [4.78, 5) is 4.25. The molecule has 2 nitrogen and oxygen atoms in total. The van der Waals surface area contributed by atoms with E-state index >= 15 is 0 Å². The highest BCUT2D eigenvalue weighted by Crippen LogP contribution is 2.30. The van der Waals surface area contributed by atoms with Crippen LogP contribution in [-0.4, -0.2) is 10.8 Å². The molecule has 1 heterocycles. The summed E-state index contributed by atoms with van der Waals surface area (Å²) in [5.41, 5.74) is 2.00. The maximum atomic E-state index is 6.32. The first kappa shape index (κ1) is 16.8. The summed E-state index contributed by atoms with van der Waals surface area (Å²) in [6.45, 7) is 1.32. The first-order chi connectivity index (χ1) is 11.0. The Morgan fingerprint density at radius 3 is 1.70 bits per heavy atom. The summed E-state index contributed by atoms with van der Waals surface area (Å²) >= 11 is 24.6. The van der Waals surface area contributed by atoms with E-state index in [1.165, 1.54) is 0 Å². The smallest absolute Gasteiger partial charge is 0.195 e. The Balaban J connectivity index is 1.91. The van der Waals surface area contributed by atoms with Crippen LogP contribution >= 0.6 is 46.4 Å². The van der Waals surface area contributed by atoms with Gasteiger partial charge in [0.25, 0.3) is 0 Å². The lowest BCUT2D eigenvalue weighted by atomic mass is 10.1. The van der Waals surface area contributed by atoms with E-state index in [-0.39, 0.29) is 0 Å². The van der Waals surface area contributed by atoms with Gasteiger partial charge in [-0.2, -0.15) is 0 Å². The molecule has 0 bridgehead atoms. The summed E-state index contributed by atoms with van der Waals surface area (Å²) in [7, 11) is 0. The van der Waals surface area contributed by atoms with Crippen LogP contribution in [0.25, 0.3) is 0 Å². The maximum Gasteiger partial charge on any atom is 0.195 e. The Morgan fingerprint density at radius 2 is 1.30 bits per heavy atom. The topological polar surface area (TPSA) is 12.4 Å². The van der Waals surface area contributed by atoms with Crippen LogP contribution in [0, 0.1) is 0 Å². The molecule has 0 unspecified atom stereocenters. The first-order valence-corrected chi connectivity index (χ1v) is 8.45. The van der Waals surface area contributed by atoms with Gasteiger partial charge < -0.3 is 0 Å². The molecule has 1 aliphatic rings. The molecule has 23 heavy (non-hydrogen) atoms. The van der Waals surface area contributed by atoms with Crippen molar-refractivity contribution < 1.29 is 4.48 Å². The molecule has 0 atom stereocenters. The fourth-order valence-electron chi connectivity index (χ4n) is 2.56. The summed E-state index contributed by atoms with van der Waals surface area (Å²) < 4.78 is 0.503. The van der Waals surface area contributed by atoms with E-state index in [4.69, 9.17) is 46.4 Å². The maximum absolute atomic E-state index is 6.32. The molecule has 2 aromatic carbocycles. The number of hydrogen-bond acceptors (Lipinski definition) is 1. The van der Waals surface area contributed by atoms with Crippen molar-refractivity contribution in [3.05, 3.63) is 80.0 Å². The van der Waals surface area contributed by atoms with Crippen molar-refractivity contribution in [3.63, 3.8) is 0 Å². The second-order valence-corrected chi connectivity index (χ2v) is 7.14. The minimum atomic E-state index is 0.503. The third-order valence-electron chi connectivity index (χ3n) is 3.71. The van der Waals surface area contributed by atoms with Crippen molar-refractivity contribution >= 4 is 52.7 Å². The number of aliphatic imine (C=N–C) groups is 1. The van der Waals surface area contributed by atoms with Gasteiger partial charge in [0.15, 0.2) is 6.34 Å². The van der Waals surface area contributed by atoms with Gasteiger partial charge in [-0.05, 0) is 24.3 Å². The number of halogens is 4. The van der Waals surface area contributed by atoms with Gasteiger partial charge in [-0.15, -0.1) is 0 Å². The molecular formula is C17H13Cl4N2+. The van der Waals surface area contributed by atoms with Crippen LogP contribution in [0.2, 0.25) is 20.1 Å². The molecule has 0 saturated carbocycles. The van der Waals surface area contributed by atoms with Gasteiger partial charge in [0.05, 0.1) is 16.2 Å². The molecule has 0 N–H and O–H groups in total. The van der Waals surface area contributed by atoms with Gasteiger partial charge in [0, 0.05) is 21.2 Å². The second-order valence-electron chi connectivity index (χ2n) is 5.45. The first-order valence-electron chi connectivity index (χ1n) is 6.94. The average molecular weight is 387 g/mol. The predicted octanol–water partition coefficient (Wildman–Crippen LogP) is 6.33. The molecule has 0 aromatic heterocycles. The standard InChI is InChI=1S/C17H13Cl4N2/c18-14-3-1-12(16(20)7-14)9-23(6-5-22-11-23)10-13-2-4-15(19)8-17(13)21/h1-8,11H,9-10H2/q+1. The number of quaternary nitrogens is 1. The van der Waals surface area contributed by atoms with E-state index < -0.39 is 0 Å². The monoisotopic (exact) mass is 385 g/mol. The minimum absolute atomic E-state index is 0.503. The van der Waals surface area contributed by atoms with Crippen LogP contribution in [-0.2, 0) is 13.1 Å². The molecule has 3 rings (SSSR count). The molecule has 0 amide bonds. The molecule has 118 valence electrons. The third kappa shape index (κ3) is 3.90. The van der Waals surface area contributed by atoms with Crippen molar-refractivity contribution in [1.82, 2.24) is 0 Å². The van der Waals surface area contributed by atoms with Crippen LogP contribution in [0.4, 0.5) is 0 Å². The lowest BCUT2D eigenvalue weighted by molar-refractivity contribution is -0.808. The normalized spacial score (nSPS) is 15.3. The SMILES string of the molecule is Clc1ccc(C[N+]2(Cc3ccc(Cl)cc3Cl)C=CN=C2)c(Cl)c1. The molecule has 0 spiro atoms. The molecule has 0 fully saturated rings. The molecule has 0 aliphatic carbocycles. The van der Waals surface area contributed by atoms with Crippen LogP contribution in [0.3, 0.4) is 0 Å². The van der Waals surface area contributed by atoms with Gasteiger partial charge >= 0.3 is 0 Å². The van der Waals surface area contributed by atoms with E-state index in [0.29, 0.717) is 37.7 Å². The van der Waals surface area contributed by atoms with Gasteiger partial charge in [-0.1, -0.05) is 58.5 Å². The number of benzene rings is 2. The molecule has 1 aliphatic heterocycles. The molecule has 2 aromatic rings. The zero-order chi connectivity index (χ0) is 16.4. The molecule has 6 heteroatoms. The Labute approximate surface area is 155 Å². The summed E-state index contributed by atoms with van der Waals surface area (Å²) in [5, 5.41) is 2.53. The summed E-state index contributed by atoms with van der Waals surface area (Å²) in [5.74, 6) is 0. The van der Waals surface area contributed by atoms with Crippen LogP contribution in [0.1, 0.15) is 11.1 Å².